The largest absolute Gasteiger partial charge is 0.340 e. The van der Waals surface area contributed by atoms with Crippen LogP contribution in [-0.4, -0.2) is 24.1 Å². The van der Waals surface area contributed by atoms with E-state index in [2.05, 4.69) is 41.3 Å². The summed E-state index contributed by atoms with van der Waals surface area (Å²) >= 11 is 0. The highest BCUT2D eigenvalue weighted by molar-refractivity contribution is 7.91. The predicted octanol–water partition coefficient (Wildman–Crippen LogP) is 3.83. The van der Waals surface area contributed by atoms with Gasteiger partial charge in [0.25, 0.3) is 0 Å². The topological polar surface area (TPSA) is 72.0 Å². The normalized spacial score (nSPS) is 15.5. The SMILES string of the molecule is CC(C)c1ccc(Nc2ncnc3ccc4c(c23)CCS4(=O)=O)cc1. The second-order valence-electron chi connectivity index (χ2n) is 6.63. The second kappa shape index (κ2) is 5.81. The highest BCUT2D eigenvalue weighted by Gasteiger charge is 2.29. The molecule has 25 heavy (non-hydrogen) atoms. The number of nitrogens with one attached hydrogen (secondary N) is 1. The van der Waals surface area contributed by atoms with Gasteiger partial charge in [-0.1, -0.05) is 26.0 Å². The lowest BCUT2D eigenvalue weighted by Gasteiger charge is -2.12. The van der Waals surface area contributed by atoms with Crippen molar-refractivity contribution in [2.24, 2.45) is 0 Å². The number of sulfone groups is 1. The van der Waals surface area contributed by atoms with E-state index in [1.54, 1.807) is 12.1 Å². The minimum atomic E-state index is -3.19. The maximum Gasteiger partial charge on any atom is 0.179 e. The lowest BCUT2D eigenvalue weighted by atomic mass is 10.0. The van der Waals surface area contributed by atoms with Crippen LogP contribution >= 0.6 is 0 Å². The molecule has 1 aliphatic heterocycles. The van der Waals surface area contributed by atoms with Crippen LogP contribution in [0, 0.1) is 0 Å². The molecule has 0 saturated heterocycles. The third-order valence-corrected chi connectivity index (χ3v) is 6.46. The number of hydrogen-bond acceptors (Lipinski definition) is 5. The lowest BCUT2D eigenvalue weighted by molar-refractivity contribution is 0.600. The van der Waals surface area contributed by atoms with Gasteiger partial charge in [-0.3, -0.25) is 0 Å². The van der Waals surface area contributed by atoms with Crippen molar-refractivity contribution in [3.63, 3.8) is 0 Å². The Bertz CT molecular complexity index is 1060. The molecule has 0 bridgehead atoms. The average Bonchev–Trinajstić information content (AvgIpc) is 2.91. The van der Waals surface area contributed by atoms with E-state index in [4.69, 9.17) is 0 Å². The molecule has 0 spiro atoms. The van der Waals surface area contributed by atoms with Gasteiger partial charge in [-0.15, -0.1) is 0 Å². The molecule has 0 radical (unpaired) electrons. The van der Waals surface area contributed by atoms with E-state index in [0.29, 0.717) is 23.1 Å². The van der Waals surface area contributed by atoms with Crippen LogP contribution in [0.4, 0.5) is 11.5 Å². The standard InChI is InChI=1S/C19H19N3O2S/c1-12(2)13-3-5-14(6-4-13)22-19-18-15-9-10-25(23,24)17(15)8-7-16(18)20-11-21-19/h3-8,11-12H,9-10H2,1-2H3,(H,20,21,22). The molecule has 2 heterocycles. The Labute approximate surface area is 147 Å². The molecule has 3 aromatic rings. The van der Waals surface area contributed by atoms with Crippen molar-refractivity contribution in [2.45, 2.75) is 31.1 Å². The summed E-state index contributed by atoms with van der Waals surface area (Å²) in [5.74, 6) is 1.28. The maximum atomic E-state index is 12.2. The molecule has 2 aromatic carbocycles. The number of fused-ring (bicyclic) bond motifs is 3. The Hall–Kier alpha value is -2.47. The van der Waals surface area contributed by atoms with Gasteiger partial charge >= 0.3 is 0 Å². The number of nitrogens with zero attached hydrogens (tertiary/aromatic N) is 2. The van der Waals surface area contributed by atoms with E-state index in [1.165, 1.54) is 11.9 Å². The predicted molar refractivity (Wildman–Crippen MR) is 99.1 cm³/mol. The van der Waals surface area contributed by atoms with Gasteiger partial charge in [0.15, 0.2) is 9.84 Å². The lowest BCUT2D eigenvalue weighted by Crippen LogP contribution is -2.00. The fraction of sp³-hybridized carbons (Fsp3) is 0.263. The van der Waals surface area contributed by atoms with E-state index >= 15 is 0 Å². The van der Waals surface area contributed by atoms with Gasteiger partial charge in [0.1, 0.15) is 12.1 Å². The van der Waals surface area contributed by atoms with Crippen molar-refractivity contribution in [1.29, 1.82) is 0 Å². The van der Waals surface area contributed by atoms with Gasteiger partial charge in [0.2, 0.25) is 0 Å². The summed E-state index contributed by atoms with van der Waals surface area (Å²) in [7, 11) is -3.19. The Morgan fingerprint density at radius 2 is 1.80 bits per heavy atom. The van der Waals surface area contributed by atoms with Gasteiger partial charge in [-0.2, -0.15) is 0 Å². The summed E-state index contributed by atoms with van der Waals surface area (Å²) in [5.41, 5.74) is 3.76. The summed E-state index contributed by atoms with van der Waals surface area (Å²) in [6.07, 6.45) is 2.01. The minimum absolute atomic E-state index is 0.152. The molecular formula is C19H19N3O2S. The van der Waals surface area contributed by atoms with E-state index < -0.39 is 9.84 Å². The third-order valence-electron chi connectivity index (χ3n) is 4.66. The van der Waals surface area contributed by atoms with E-state index in [9.17, 15) is 8.42 Å². The molecule has 1 aromatic heterocycles. The average molecular weight is 353 g/mol. The van der Waals surface area contributed by atoms with Crippen molar-refractivity contribution >= 4 is 32.2 Å². The Morgan fingerprint density at radius 1 is 1.04 bits per heavy atom. The first-order valence-electron chi connectivity index (χ1n) is 8.32. The summed E-state index contributed by atoms with van der Waals surface area (Å²) in [6, 6.07) is 11.6. The fourth-order valence-electron chi connectivity index (χ4n) is 3.27. The molecule has 128 valence electrons. The highest BCUT2D eigenvalue weighted by atomic mass is 32.2. The van der Waals surface area contributed by atoms with Gasteiger partial charge in [-0.25, -0.2) is 18.4 Å². The second-order valence-corrected chi connectivity index (χ2v) is 8.71. The summed E-state index contributed by atoms with van der Waals surface area (Å²) in [4.78, 5) is 9.08. The summed E-state index contributed by atoms with van der Waals surface area (Å²) in [5, 5.41) is 4.12. The molecule has 0 unspecified atom stereocenters. The van der Waals surface area contributed by atoms with Crippen LogP contribution in [0.5, 0.6) is 0 Å². The van der Waals surface area contributed by atoms with Crippen LogP contribution in [0.15, 0.2) is 47.6 Å². The molecule has 1 aliphatic rings. The van der Waals surface area contributed by atoms with Crippen LogP contribution in [0.2, 0.25) is 0 Å². The number of aryl methyl sites for hydroxylation is 1. The minimum Gasteiger partial charge on any atom is -0.340 e. The van der Waals surface area contributed by atoms with Crippen LogP contribution < -0.4 is 5.32 Å². The molecule has 1 N–H and O–H groups in total. The van der Waals surface area contributed by atoms with Crippen LogP contribution in [0.3, 0.4) is 0 Å². The third kappa shape index (κ3) is 2.76. The number of benzene rings is 2. The first-order chi connectivity index (χ1) is 12.0. The van der Waals surface area contributed by atoms with Gasteiger partial charge in [-0.05, 0) is 47.7 Å². The molecule has 4 rings (SSSR count). The first kappa shape index (κ1) is 16.0. The highest BCUT2D eigenvalue weighted by Crippen LogP contribution is 2.35. The number of anilines is 2. The molecule has 0 fully saturated rings. The molecule has 0 aliphatic carbocycles. The van der Waals surface area contributed by atoms with Gasteiger partial charge in [0, 0.05) is 11.1 Å². The number of rotatable bonds is 3. The van der Waals surface area contributed by atoms with Crippen molar-refractivity contribution in [2.75, 3.05) is 11.1 Å². The summed E-state index contributed by atoms with van der Waals surface area (Å²) < 4.78 is 24.4. The quantitative estimate of drug-likeness (QED) is 0.775. The summed E-state index contributed by atoms with van der Waals surface area (Å²) in [6.45, 7) is 4.31. The van der Waals surface area contributed by atoms with Crippen LogP contribution in [0.25, 0.3) is 10.9 Å². The first-order valence-corrected chi connectivity index (χ1v) is 9.97. The van der Waals surface area contributed by atoms with Crippen molar-refractivity contribution in [3.05, 3.63) is 53.9 Å². The number of aromatic nitrogens is 2. The Morgan fingerprint density at radius 3 is 2.52 bits per heavy atom. The molecule has 0 atom stereocenters. The fourth-order valence-corrected chi connectivity index (χ4v) is 4.82. The van der Waals surface area contributed by atoms with E-state index in [1.807, 2.05) is 12.1 Å². The van der Waals surface area contributed by atoms with Crippen LogP contribution in [0.1, 0.15) is 30.9 Å². The Kier molecular flexibility index (Phi) is 3.72. The van der Waals surface area contributed by atoms with Crippen molar-refractivity contribution in [1.82, 2.24) is 9.97 Å². The Balaban J connectivity index is 1.81. The van der Waals surface area contributed by atoms with E-state index in [0.717, 1.165) is 22.2 Å². The van der Waals surface area contributed by atoms with Crippen molar-refractivity contribution < 1.29 is 8.42 Å². The maximum absolute atomic E-state index is 12.2. The van der Waals surface area contributed by atoms with Crippen molar-refractivity contribution in [3.8, 4) is 0 Å². The molecular weight excluding hydrogens is 334 g/mol. The molecule has 0 saturated carbocycles. The molecule has 6 heteroatoms. The van der Waals surface area contributed by atoms with Gasteiger partial charge < -0.3 is 5.32 Å². The zero-order valence-corrected chi connectivity index (χ0v) is 15.0. The van der Waals surface area contributed by atoms with E-state index in [-0.39, 0.29) is 5.75 Å². The van der Waals surface area contributed by atoms with Gasteiger partial charge in [0.05, 0.1) is 16.2 Å². The monoisotopic (exact) mass is 353 g/mol. The zero-order valence-electron chi connectivity index (χ0n) is 14.2. The van der Waals surface area contributed by atoms with Crippen LogP contribution in [-0.2, 0) is 16.3 Å². The number of hydrogen-bond donors (Lipinski definition) is 1. The molecule has 5 nitrogen and oxygen atoms in total. The molecule has 0 amide bonds. The zero-order chi connectivity index (χ0) is 17.6. The smallest absolute Gasteiger partial charge is 0.179 e.